The summed E-state index contributed by atoms with van der Waals surface area (Å²) in [5, 5.41) is 7.18. The van der Waals surface area contributed by atoms with Crippen LogP contribution < -0.4 is 5.32 Å². The van der Waals surface area contributed by atoms with Gasteiger partial charge in [0.15, 0.2) is 0 Å². The molecule has 0 atom stereocenters. The molecule has 4 rings (SSSR count). The van der Waals surface area contributed by atoms with Crippen molar-refractivity contribution in [1.82, 2.24) is 14.7 Å². The van der Waals surface area contributed by atoms with Gasteiger partial charge in [-0.15, -0.1) is 0 Å². The molecule has 3 aromatic rings. The molecule has 6 nitrogen and oxygen atoms in total. The molecule has 2 amide bonds. The number of alkyl halides is 3. The second-order valence-corrected chi connectivity index (χ2v) is 8.41. The summed E-state index contributed by atoms with van der Waals surface area (Å²) in [6, 6.07) is 11.7. The molecule has 0 aliphatic carbocycles. The standard InChI is InChI=1S/C25H25F3N4O2/c1-16-22(17(2)32(30-16)21-10-6-8-19(14-21)25(26,27)28)15-23(33)29-20-9-5-7-18(13-20)24(34)31-11-3-4-12-31/h5-10,13-14H,3-4,11-12,15H2,1-2H3,(H,29,33). The molecule has 1 saturated heterocycles. The fourth-order valence-electron chi connectivity index (χ4n) is 4.19. The van der Waals surface area contributed by atoms with E-state index in [4.69, 9.17) is 0 Å². The van der Waals surface area contributed by atoms with Crippen LogP contribution in [0.5, 0.6) is 0 Å². The zero-order valence-corrected chi connectivity index (χ0v) is 18.9. The molecule has 9 heteroatoms. The summed E-state index contributed by atoms with van der Waals surface area (Å²) < 4.78 is 40.7. The van der Waals surface area contributed by atoms with Crippen molar-refractivity contribution in [3.8, 4) is 5.69 Å². The summed E-state index contributed by atoms with van der Waals surface area (Å²) >= 11 is 0. The van der Waals surface area contributed by atoms with Gasteiger partial charge in [0.25, 0.3) is 5.91 Å². The summed E-state index contributed by atoms with van der Waals surface area (Å²) in [7, 11) is 0. The van der Waals surface area contributed by atoms with E-state index in [1.165, 1.54) is 10.7 Å². The van der Waals surface area contributed by atoms with Gasteiger partial charge in [-0.3, -0.25) is 9.59 Å². The third-order valence-electron chi connectivity index (χ3n) is 5.98. The molecule has 2 heterocycles. The molecule has 0 radical (unpaired) electrons. The van der Waals surface area contributed by atoms with Crippen molar-refractivity contribution in [2.45, 2.75) is 39.3 Å². The van der Waals surface area contributed by atoms with Crippen molar-refractivity contribution in [1.29, 1.82) is 0 Å². The first kappa shape index (κ1) is 23.5. The number of amides is 2. The van der Waals surface area contributed by atoms with Crippen molar-refractivity contribution < 1.29 is 22.8 Å². The minimum absolute atomic E-state index is 0.000920. The maximum absolute atomic E-state index is 13.1. The van der Waals surface area contributed by atoms with Crippen molar-refractivity contribution in [3.63, 3.8) is 0 Å². The van der Waals surface area contributed by atoms with Crippen LogP contribution in [0.25, 0.3) is 5.69 Å². The Morgan fingerprint density at radius 1 is 1.03 bits per heavy atom. The zero-order chi connectivity index (χ0) is 24.5. The number of aryl methyl sites for hydroxylation is 1. The SMILES string of the molecule is Cc1nn(-c2cccc(C(F)(F)F)c2)c(C)c1CC(=O)Nc1cccc(C(=O)N2CCCC2)c1. The number of nitrogens with zero attached hydrogens (tertiary/aromatic N) is 3. The van der Waals surface area contributed by atoms with E-state index in [9.17, 15) is 22.8 Å². The van der Waals surface area contributed by atoms with Crippen LogP contribution in [-0.2, 0) is 17.4 Å². The number of anilines is 1. The minimum atomic E-state index is -4.46. The maximum atomic E-state index is 13.1. The van der Waals surface area contributed by atoms with Gasteiger partial charge in [0.1, 0.15) is 0 Å². The molecular formula is C25H25F3N4O2. The second-order valence-electron chi connectivity index (χ2n) is 8.41. The van der Waals surface area contributed by atoms with E-state index in [0.29, 0.717) is 28.2 Å². The van der Waals surface area contributed by atoms with E-state index < -0.39 is 11.7 Å². The molecule has 0 spiro atoms. The molecular weight excluding hydrogens is 445 g/mol. The number of benzene rings is 2. The van der Waals surface area contributed by atoms with Gasteiger partial charge in [-0.25, -0.2) is 4.68 Å². The fourth-order valence-corrected chi connectivity index (χ4v) is 4.19. The van der Waals surface area contributed by atoms with Crippen LogP contribution in [0.1, 0.15) is 45.7 Å². The van der Waals surface area contributed by atoms with Crippen LogP contribution in [0.4, 0.5) is 18.9 Å². The van der Waals surface area contributed by atoms with Crippen LogP contribution in [-0.4, -0.2) is 39.6 Å². The number of rotatable bonds is 5. The Kier molecular flexibility index (Phi) is 6.45. The highest BCUT2D eigenvalue weighted by atomic mass is 19.4. The normalized spacial score (nSPS) is 13.9. The van der Waals surface area contributed by atoms with Gasteiger partial charge in [0.2, 0.25) is 5.91 Å². The van der Waals surface area contributed by atoms with E-state index in [2.05, 4.69) is 10.4 Å². The summed E-state index contributed by atoms with van der Waals surface area (Å²) in [6.07, 6.45) is -2.47. The van der Waals surface area contributed by atoms with E-state index in [-0.39, 0.29) is 23.9 Å². The lowest BCUT2D eigenvalue weighted by molar-refractivity contribution is -0.137. The molecule has 2 aromatic carbocycles. The summed E-state index contributed by atoms with van der Waals surface area (Å²) in [5.74, 6) is -0.358. The van der Waals surface area contributed by atoms with Crippen molar-refractivity contribution in [3.05, 3.63) is 76.6 Å². The van der Waals surface area contributed by atoms with Gasteiger partial charge in [-0.05, 0) is 63.1 Å². The van der Waals surface area contributed by atoms with E-state index in [1.54, 1.807) is 49.1 Å². The first-order chi connectivity index (χ1) is 16.1. The lowest BCUT2D eigenvalue weighted by Gasteiger charge is -2.15. The number of carbonyl (C=O) groups excluding carboxylic acids is 2. The number of carbonyl (C=O) groups is 2. The summed E-state index contributed by atoms with van der Waals surface area (Å²) in [5.41, 5.74) is 2.32. The van der Waals surface area contributed by atoms with Gasteiger partial charge in [0, 0.05) is 35.6 Å². The van der Waals surface area contributed by atoms with Crippen molar-refractivity contribution >= 4 is 17.5 Å². The zero-order valence-electron chi connectivity index (χ0n) is 18.9. The van der Waals surface area contributed by atoms with Crippen LogP contribution >= 0.6 is 0 Å². The fraction of sp³-hybridized carbons (Fsp3) is 0.320. The van der Waals surface area contributed by atoms with Crippen LogP contribution in [0.15, 0.2) is 48.5 Å². The molecule has 1 N–H and O–H groups in total. The van der Waals surface area contributed by atoms with Gasteiger partial charge in [0.05, 0.1) is 23.4 Å². The monoisotopic (exact) mass is 470 g/mol. The highest BCUT2D eigenvalue weighted by Gasteiger charge is 2.31. The summed E-state index contributed by atoms with van der Waals surface area (Å²) in [4.78, 5) is 27.2. The van der Waals surface area contributed by atoms with E-state index >= 15 is 0 Å². The quantitative estimate of drug-likeness (QED) is 0.575. The average Bonchev–Trinajstić information content (AvgIpc) is 3.43. The molecule has 0 saturated carbocycles. The topological polar surface area (TPSA) is 67.2 Å². The number of nitrogens with one attached hydrogen (secondary N) is 1. The number of hydrogen-bond acceptors (Lipinski definition) is 3. The molecule has 178 valence electrons. The Balaban J connectivity index is 1.50. The number of likely N-dealkylation sites (tertiary alicyclic amines) is 1. The Labute approximate surface area is 195 Å². The minimum Gasteiger partial charge on any atom is -0.339 e. The van der Waals surface area contributed by atoms with Gasteiger partial charge in [-0.1, -0.05) is 12.1 Å². The predicted molar refractivity (Wildman–Crippen MR) is 122 cm³/mol. The summed E-state index contributed by atoms with van der Waals surface area (Å²) in [6.45, 7) is 4.92. The highest BCUT2D eigenvalue weighted by Crippen LogP contribution is 2.31. The van der Waals surface area contributed by atoms with Crippen LogP contribution in [0.2, 0.25) is 0 Å². The van der Waals surface area contributed by atoms with Gasteiger partial charge < -0.3 is 10.2 Å². The number of halogens is 3. The smallest absolute Gasteiger partial charge is 0.339 e. The van der Waals surface area contributed by atoms with Crippen LogP contribution in [0, 0.1) is 13.8 Å². The number of hydrogen-bond donors (Lipinski definition) is 1. The Morgan fingerprint density at radius 3 is 2.44 bits per heavy atom. The molecule has 0 unspecified atom stereocenters. The molecule has 1 aliphatic heterocycles. The van der Waals surface area contributed by atoms with Crippen molar-refractivity contribution in [2.24, 2.45) is 0 Å². The third-order valence-corrected chi connectivity index (χ3v) is 5.98. The lowest BCUT2D eigenvalue weighted by atomic mass is 10.1. The van der Waals surface area contributed by atoms with E-state index in [1.807, 2.05) is 0 Å². The molecule has 1 fully saturated rings. The first-order valence-electron chi connectivity index (χ1n) is 11.1. The molecule has 1 aromatic heterocycles. The molecule has 1 aliphatic rings. The predicted octanol–water partition coefficient (Wildman–Crippen LogP) is 4.93. The third kappa shape index (κ3) is 4.98. The van der Waals surface area contributed by atoms with Gasteiger partial charge >= 0.3 is 6.18 Å². The first-order valence-corrected chi connectivity index (χ1v) is 11.1. The largest absolute Gasteiger partial charge is 0.416 e. The highest BCUT2D eigenvalue weighted by molar-refractivity contribution is 5.97. The van der Waals surface area contributed by atoms with Gasteiger partial charge in [-0.2, -0.15) is 18.3 Å². The Bertz CT molecular complexity index is 1230. The maximum Gasteiger partial charge on any atom is 0.416 e. The second kappa shape index (κ2) is 9.32. The van der Waals surface area contributed by atoms with Crippen molar-refractivity contribution in [2.75, 3.05) is 18.4 Å². The molecule has 0 bridgehead atoms. The Morgan fingerprint density at radius 2 is 1.74 bits per heavy atom. The molecule has 34 heavy (non-hydrogen) atoms. The number of aromatic nitrogens is 2. The lowest BCUT2D eigenvalue weighted by Crippen LogP contribution is -2.27. The average molecular weight is 470 g/mol. The van der Waals surface area contributed by atoms with Crippen LogP contribution in [0.3, 0.4) is 0 Å². The van der Waals surface area contributed by atoms with E-state index in [0.717, 1.165) is 38.1 Å². The Hall–Kier alpha value is -3.62.